The van der Waals surface area contributed by atoms with Crippen molar-refractivity contribution in [1.29, 1.82) is 0 Å². The van der Waals surface area contributed by atoms with Crippen LogP contribution in [-0.2, 0) is 0 Å². The molecule has 5 heteroatoms. The molecule has 1 aromatic carbocycles. The van der Waals surface area contributed by atoms with Crippen molar-refractivity contribution >= 4 is 38.9 Å². The molecule has 0 aliphatic heterocycles. The van der Waals surface area contributed by atoms with E-state index in [1.807, 2.05) is 23.6 Å². The average molecular weight is 325 g/mol. The fourth-order valence-corrected chi connectivity index (χ4v) is 3.39. The van der Waals surface area contributed by atoms with E-state index in [2.05, 4.69) is 28.2 Å². The molecule has 0 fully saturated rings. The number of benzene rings is 1. The Morgan fingerprint density at radius 2 is 2.00 bits per heavy atom. The first kappa shape index (κ1) is 13.1. The smallest absolute Gasteiger partial charge is 0.248 e. The molecule has 0 spiro atoms. The third-order valence-corrected chi connectivity index (χ3v) is 4.64. The number of thiophene rings is 1. The van der Waals surface area contributed by atoms with E-state index in [-0.39, 0.29) is 6.04 Å². The van der Waals surface area contributed by atoms with Crippen molar-refractivity contribution in [2.75, 3.05) is 5.32 Å². The summed E-state index contributed by atoms with van der Waals surface area (Å²) in [6, 6.07) is 9.41. The Hall–Kier alpha value is -1.33. The minimum absolute atomic E-state index is 0.207. The molecular formula is C13H13BrN2OS. The molecule has 0 aliphatic carbocycles. The quantitative estimate of drug-likeness (QED) is 0.899. The Bertz CT molecular complexity index is 550. The normalized spacial score (nSPS) is 12.1. The number of halogens is 1. The standard InChI is InChI=1S/C13H13BrN2OS/c1-8(12-11(14)6-7-18-12)16-10-4-2-9(3-5-10)13(15)17/h2-8,16H,1H3,(H2,15,17). The van der Waals surface area contributed by atoms with Crippen LogP contribution in [0, 0.1) is 0 Å². The first-order valence-corrected chi connectivity index (χ1v) is 7.14. The summed E-state index contributed by atoms with van der Waals surface area (Å²) in [6.45, 7) is 2.10. The van der Waals surface area contributed by atoms with Crippen LogP contribution in [0.3, 0.4) is 0 Å². The van der Waals surface area contributed by atoms with Crippen LogP contribution in [0.1, 0.15) is 28.2 Å². The first-order valence-electron chi connectivity index (χ1n) is 5.47. The summed E-state index contributed by atoms with van der Waals surface area (Å²) in [7, 11) is 0. The van der Waals surface area contributed by atoms with Gasteiger partial charge in [-0.1, -0.05) is 0 Å². The number of hydrogen-bond acceptors (Lipinski definition) is 3. The van der Waals surface area contributed by atoms with Crippen molar-refractivity contribution in [1.82, 2.24) is 0 Å². The van der Waals surface area contributed by atoms with Crippen LogP contribution in [0.5, 0.6) is 0 Å². The molecule has 1 unspecified atom stereocenters. The zero-order valence-corrected chi connectivity index (χ0v) is 12.2. The van der Waals surface area contributed by atoms with E-state index in [0.717, 1.165) is 10.2 Å². The highest BCUT2D eigenvalue weighted by atomic mass is 79.9. The molecule has 18 heavy (non-hydrogen) atoms. The topological polar surface area (TPSA) is 55.1 Å². The maximum absolute atomic E-state index is 11.0. The number of amides is 1. The van der Waals surface area contributed by atoms with E-state index >= 15 is 0 Å². The number of anilines is 1. The van der Waals surface area contributed by atoms with E-state index in [1.54, 1.807) is 23.5 Å². The van der Waals surface area contributed by atoms with Crippen LogP contribution in [0.4, 0.5) is 5.69 Å². The van der Waals surface area contributed by atoms with Gasteiger partial charge in [0, 0.05) is 20.6 Å². The SMILES string of the molecule is CC(Nc1ccc(C(N)=O)cc1)c1sccc1Br. The van der Waals surface area contributed by atoms with Gasteiger partial charge in [0.2, 0.25) is 5.91 Å². The third-order valence-electron chi connectivity index (χ3n) is 2.59. The molecule has 94 valence electrons. The van der Waals surface area contributed by atoms with Gasteiger partial charge in [0.1, 0.15) is 0 Å². The molecule has 3 nitrogen and oxygen atoms in total. The molecule has 1 heterocycles. The summed E-state index contributed by atoms with van der Waals surface area (Å²) < 4.78 is 1.11. The molecule has 0 saturated carbocycles. The fraction of sp³-hybridized carbons (Fsp3) is 0.154. The number of nitrogens with two attached hydrogens (primary N) is 1. The van der Waals surface area contributed by atoms with E-state index in [0.29, 0.717) is 5.56 Å². The Morgan fingerprint density at radius 3 is 2.50 bits per heavy atom. The van der Waals surface area contributed by atoms with Gasteiger partial charge in [0.05, 0.1) is 6.04 Å². The predicted octanol–water partition coefficient (Wildman–Crippen LogP) is 3.78. The summed E-state index contributed by atoms with van der Waals surface area (Å²) in [4.78, 5) is 12.2. The number of nitrogens with one attached hydrogen (secondary N) is 1. The largest absolute Gasteiger partial charge is 0.378 e. The van der Waals surface area contributed by atoms with E-state index in [1.165, 1.54) is 4.88 Å². The van der Waals surface area contributed by atoms with Crippen molar-refractivity contribution in [3.05, 3.63) is 50.6 Å². The maximum Gasteiger partial charge on any atom is 0.248 e. The lowest BCUT2D eigenvalue weighted by atomic mass is 10.2. The van der Waals surface area contributed by atoms with Crippen molar-refractivity contribution in [2.24, 2.45) is 5.73 Å². The summed E-state index contributed by atoms with van der Waals surface area (Å²) in [5, 5.41) is 5.43. The molecule has 1 atom stereocenters. The highest BCUT2D eigenvalue weighted by molar-refractivity contribution is 9.10. The minimum Gasteiger partial charge on any atom is -0.378 e. The molecule has 0 aliphatic rings. The lowest BCUT2D eigenvalue weighted by Crippen LogP contribution is -2.11. The lowest BCUT2D eigenvalue weighted by molar-refractivity contribution is 0.100. The average Bonchev–Trinajstić information content (AvgIpc) is 2.76. The van der Waals surface area contributed by atoms with Crippen LogP contribution in [0.25, 0.3) is 0 Å². The lowest BCUT2D eigenvalue weighted by Gasteiger charge is -2.14. The van der Waals surface area contributed by atoms with E-state index in [9.17, 15) is 4.79 Å². The number of primary amides is 1. The van der Waals surface area contributed by atoms with Gasteiger partial charge >= 0.3 is 0 Å². The Labute approximate surface area is 118 Å². The summed E-state index contributed by atoms with van der Waals surface area (Å²) >= 11 is 5.22. The molecule has 1 aromatic heterocycles. The van der Waals surface area contributed by atoms with Crippen molar-refractivity contribution in [3.8, 4) is 0 Å². The van der Waals surface area contributed by atoms with E-state index in [4.69, 9.17) is 5.73 Å². The fourth-order valence-electron chi connectivity index (χ4n) is 1.66. The highest BCUT2D eigenvalue weighted by Gasteiger charge is 2.10. The second-order valence-electron chi connectivity index (χ2n) is 3.94. The predicted molar refractivity (Wildman–Crippen MR) is 79.0 cm³/mol. The summed E-state index contributed by atoms with van der Waals surface area (Å²) in [6.07, 6.45) is 0. The molecule has 0 bridgehead atoms. The van der Waals surface area contributed by atoms with Crippen LogP contribution in [0.15, 0.2) is 40.2 Å². The van der Waals surface area contributed by atoms with Crippen molar-refractivity contribution in [2.45, 2.75) is 13.0 Å². The second kappa shape index (κ2) is 5.54. The number of carbonyl (C=O) groups is 1. The molecule has 0 saturated heterocycles. The summed E-state index contributed by atoms with van der Waals surface area (Å²) in [5.74, 6) is -0.407. The van der Waals surface area contributed by atoms with Gasteiger partial charge in [-0.05, 0) is 58.6 Å². The van der Waals surface area contributed by atoms with Crippen LogP contribution in [0.2, 0.25) is 0 Å². The molecule has 2 rings (SSSR count). The highest BCUT2D eigenvalue weighted by Crippen LogP contribution is 2.30. The monoisotopic (exact) mass is 324 g/mol. The van der Waals surface area contributed by atoms with Gasteiger partial charge in [-0.2, -0.15) is 0 Å². The second-order valence-corrected chi connectivity index (χ2v) is 5.74. The maximum atomic E-state index is 11.0. The van der Waals surface area contributed by atoms with Crippen LogP contribution >= 0.6 is 27.3 Å². The van der Waals surface area contributed by atoms with Crippen molar-refractivity contribution in [3.63, 3.8) is 0 Å². The van der Waals surface area contributed by atoms with Crippen molar-refractivity contribution < 1.29 is 4.79 Å². The zero-order valence-electron chi connectivity index (χ0n) is 9.81. The minimum atomic E-state index is -0.407. The Kier molecular flexibility index (Phi) is 4.04. The first-order chi connectivity index (χ1) is 8.58. The number of rotatable bonds is 4. The zero-order chi connectivity index (χ0) is 13.1. The van der Waals surface area contributed by atoms with Crippen LogP contribution in [-0.4, -0.2) is 5.91 Å². The van der Waals surface area contributed by atoms with Gasteiger partial charge in [-0.15, -0.1) is 11.3 Å². The molecule has 3 N–H and O–H groups in total. The molecule has 2 aromatic rings. The Morgan fingerprint density at radius 1 is 1.33 bits per heavy atom. The van der Waals surface area contributed by atoms with Gasteiger partial charge in [-0.25, -0.2) is 0 Å². The number of hydrogen-bond donors (Lipinski definition) is 2. The Balaban J connectivity index is 2.10. The number of carbonyl (C=O) groups excluding carboxylic acids is 1. The van der Waals surface area contributed by atoms with Gasteiger partial charge < -0.3 is 11.1 Å². The van der Waals surface area contributed by atoms with Gasteiger partial charge in [0.25, 0.3) is 0 Å². The van der Waals surface area contributed by atoms with Gasteiger partial charge in [-0.3, -0.25) is 4.79 Å². The third kappa shape index (κ3) is 2.91. The summed E-state index contributed by atoms with van der Waals surface area (Å²) in [5.41, 5.74) is 6.68. The van der Waals surface area contributed by atoms with Crippen LogP contribution < -0.4 is 11.1 Å². The molecule has 1 amide bonds. The van der Waals surface area contributed by atoms with Gasteiger partial charge in [0.15, 0.2) is 0 Å². The molecular weight excluding hydrogens is 312 g/mol. The molecule has 0 radical (unpaired) electrons. The van der Waals surface area contributed by atoms with E-state index < -0.39 is 5.91 Å².